The average molecular weight is 287 g/mol. The van der Waals surface area contributed by atoms with E-state index in [1.54, 1.807) is 13.2 Å². The van der Waals surface area contributed by atoms with Gasteiger partial charge in [-0.25, -0.2) is 0 Å². The molecule has 0 saturated carbocycles. The number of carboxylic acid groups (broad SMARTS) is 1. The maximum Gasteiger partial charge on any atom is 0.307 e. The molecule has 0 amide bonds. The van der Waals surface area contributed by atoms with E-state index in [0.29, 0.717) is 19.6 Å². The number of carbonyl (C=O) groups is 1. The second kappa shape index (κ2) is 7.09. The highest BCUT2D eigenvalue weighted by Crippen LogP contribution is 2.15. The highest BCUT2D eigenvalue weighted by molar-refractivity contribution is 5.69. The molecular formula is C17H21NO3. The third-order valence-corrected chi connectivity index (χ3v) is 3.57. The number of rotatable bonds is 7. The summed E-state index contributed by atoms with van der Waals surface area (Å²) in [5.41, 5.74) is 2.42. The summed E-state index contributed by atoms with van der Waals surface area (Å²) in [6, 6.07) is 11.9. The van der Waals surface area contributed by atoms with Crippen LogP contribution in [-0.2, 0) is 17.9 Å². The van der Waals surface area contributed by atoms with Crippen molar-refractivity contribution in [3.63, 3.8) is 0 Å². The molecule has 4 heteroatoms. The van der Waals surface area contributed by atoms with Gasteiger partial charge in [0.05, 0.1) is 18.7 Å². The zero-order valence-corrected chi connectivity index (χ0v) is 12.5. The number of hydrogen-bond donors (Lipinski definition) is 1. The van der Waals surface area contributed by atoms with Crippen molar-refractivity contribution in [2.45, 2.75) is 26.9 Å². The summed E-state index contributed by atoms with van der Waals surface area (Å²) >= 11 is 0. The minimum absolute atomic E-state index is 0.413. The van der Waals surface area contributed by atoms with Crippen molar-refractivity contribution in [3.8, 4) is 0 Å². The van der Waals surface area contributed by atoms with Crippen LogP contribution in [0.2, 0.25) is 0 Å². The Kier molecular flexibility index (Phi) is 5.17. The smallest absolute Gasteiger partial charge is 0.307 e. The fraction of sp³-hybridized carbons (Fsp3) is 0.353. The van der Waals surface area contributed by atoms with Gasteiger partial charge in [0.1, 0.15) is 5.76 Å². The van der Waals surface area contributed by atoms with Crippen LogP contribution in [0.1, 0.15) is 23.8 Å². The van der Waals surface area contributed by atoms with Crippen molar-refractivity contribution in [1.29, 1.82) is 0 Å². The van der Waals surface area contributed by atoms with Gasteiger partial charge in [0.2, 0.25) is 0 Å². The van der Waals surface area contributed by atoms with Gasteiger partial charge in [0.25, 0.3) is 0 Å². The lowest BCUT2D eigenvalue weighted by molar-refractivity contribution is -0.141. The highest BCUT2D eigenvalue weighted by atomic mass is 16.4. The summed E-state index contributed by atoms with van der Waals surface area (Å²) < 4.78 is 5.38. The zero-order valence-electron chi connectivity index (χ0n) is 12.5. The van der Waals surface area contributed by atoms with E-state index in [4.69, 9.17) is 9.52 Å². The Morgan fingerprint density at radius 2 is 2.00 bits per heavy atom. The van der Waals surface area contributed by atoms with E-state index >= 15 is 0 Å². The summed E-state index contributed by atoms with van der Waals surface area (Å²) in [4.78, 5) is 13.2. The first-order valence-electron chi connectivity index (χ1n) is 7.08. The van der Waals surface area contributed by atoms with Crippen LogP contribution < -0.4 is 0 Å². The predicted octanol–water partition coefficient (Wildman–Crippen LogP) is 3.31. The first kappa shape index (κ1) is 15.3. The van der Waals surface area contributed by atoms with Crippen molar-refractivity contribution in [2.24, 2.45) is 5.92 Å². The van der Waals surface area contributed by atoms with E-state index in [-0.39, 0.29) is 0 Å². The van der Waals surface area contributed by atoms with Gasteiger partial charge >= 0.3 is 5.97 Å². The number of furan rings is 1. The Hall–Kier alpha value is -2.07. The molecule has 2 aromatic rings. The van der Waals surface area contributed by atoms with Gasteiger partial charge in [-0.3, -0.25) is 9.69 Å². The molecule has 1 atom stereocenters. The summed E-state index contributed by atoms with van der Waals surface area (Å²) in [6.07, 6.45) is 1.64. The normalized spacial score (nSPS) is 12.5. The van der Waals surface area contributed by atoms with Crippen LogP contribution >= 0.6 is 0 Å². The monoisotopic (exact) mass is 287 g/mol. The van der Waals surface area contributed by atoms with Crippen LogP contribution in [0.5, 0.6) is 0 Å². The van der Waals surface area contributed by atoms with Gasteiger partial charge in [-0.1, -0.05) is 31.2 Å². The summed E-state index contributed by atoms with van der Waals surface area (Å²) in [5, 5.41) is 9.13. The third-order valence-electron chi connectivity index (χ3n) is 3.57. The third kappa shape index (κ3) is 4.46. The standard InChI is InChI=1S/C17H21NO3/c1-13-6-3-4-7-15(13)11-18(10-14(2)17(19)20)12-16-8-5-9-21-16/h3-9,14H,10-12H2,1-2H3,(H,19,20). The zero-order chi connectivity index (χ0) is 15.2. The number of aliphatic carboxylic acids is 1. The van der Waals surface area contributed by atoms with E-state index in [1.807, 2.05) is 24.3 Å². The average Bonchev–Trinajstić information content (AvgIpc) is 2.94. The van der Waals surface area contributed by atoms with Crippen LogP contribution in [0.15, 0.2) is 47.1 Å². The minimum Gasteiger partial charge on any atom is -0.481 e. The lowest BCUT2D eigenvalue weighted by Gasteiger charge is -2.24. The van der Waals surface area contributed by atoms with Crippen LogP contribution in [0, 0.1) is 12.8 Å². The Morgan fingerprint density at radius 3 is 2.62 bits per heavy atom. The molecule has 1 aromatic carbocycles. The molecule has 2 rings (SSSR count). The molecule has 1 unspecified atom stereocenters. The second-order valence-corrected chi connectivity index (χ2v) is 5.41. The molecule has 0 aliphatic heterocycles. The molecule has 0 saturated heterocycles. The molecule has 0 aliphatic rings. The Morgan fingerprint density at radius 1 is 1.24 bits per heavy atom. The van der Waals surface area contributed by atoms with E-state index in [9.17, 15) is 4.79 Å². The van der Waals surface area contributed by atoms with Gasteiger partial charge in [-0.15, -0.1) is 0 Å². The molecule has 1 heterocycles. The molecular weight excluding hydrogens is 266 g/mol. The lowest BCUT2D eigenvalue weighted by Crippen LogP contribution is -2.31. The Labute approximate surface area is 125 Å². The van der Waals surface area contributed by atoms with Crippen LogP contribution in [-0.4, -0.2) is 22.5 Å². The molecule has 21 heavy (non-hydrogen) atoms. The van der Waals surface area contributed by atoms with Crippen molar-refractivity contribution in [3.05, 3.63) is 59.5 Å². The molecule has 0 radical (unpaired) electrons. The van der Waals surface area contributed by atoms with Crippen LogP contribution in [0.25, 0.3) is 0 Å². The fourth-order valence-electron chi connectivity index (χ4n) is 2.30. The molecule has 1 N–H and O–H groups in total. The Bertz CT molecular complexity index is 577. The summed E-state index contributed by atoms with van der Waals surface area (Å²) in [6.45, 7) is 5.62. The number of hydrogen-bond acceptors (Lipinski definition) is 3. The largest absolute Gasteiger partial charge is 0.481 e. The second-order valence-electron chi connectivity index (χ2n) is 5.41. The van der Waals surface area contributed by atoms with Gasteiger partial charge in [-0.2, -0.15) is 0 Å². The van der Waals surface area contributed by atoms with Gasteiger partial charge in [0.15, 0.2) is 0 Å². The molecule has 0 bridgehead atoms. The number of nitrogens with zero attached hydrogens (tertiary/aromatic N) is 1. The van der Waals surface area contributed by atoms with Gasteiger partial charge in [-0.05, 0) is 30.2 Å². The topological polar surface area (TPSA) is 53.7 Å². The van der Waals surface area contributed by atoms with E-state index < -0.39 is 11.9 Å². The molecule has 0 spiro atoms. The quantitative estimate of drug-likeness (QED) is 0.849. The van der Waals surface area contributed by atoms with Crippen LogP contribution in [0.3, 0.4) is 0 Å². The summed E-state index contributed by atoms with van der Waals surface area (Å²) in [5.74, 6) is -0.339. The fourth-order valence-corrected chi connectivity index (χ4v) is 2.30. The SMILES string of the molecule is Cc1ccccc1CN(Cc1ccco1)CC(C)C(=O)O. The number of aryl methyl sites for hydroxylation is 1. The highest BCUT2D eigenvalue weighted by Gasteiger charge is 2.18. The van der Waals surface area contributed by atoms with E-state index in [1.165, 1.54) is 11.1 Å². The molecule has 4 nitrogen and oxygen atoms in total. The number of carboxylic acids is 1. The van der Waals surface area contributed by atoms with Gasteiger partial charge < -0.3 is 9.52 Å². The van der Waals surface area contributed by atoms with Crippen molar-refractivity contribution in [2.75, 3.05) is 6.54 Å². The van der Waals surface area contributed by atoms with Gasteiger partial charge in [0, 0.05) is 13.1 Å². The maximum atomic E-state index is 11.1. The molecule has 1 aromatic heterocycles. The molecule has 0 aliphatic carbocycles. The number of benzene rings is 1. The first-order chi connectivity index (χ1) is 10.1. The van der Waals surface area contributed by atoms with Crippen molar-refractivity contribution in [1.82, 2.24) is 4.90 Å². The first-order valence-corrected chi connectivity index (χ1v) is 7.08. The van der Waals surface area contributed by atoms with E-state index in [2.05, 4.69) is 24.0 Å². The molecule has 0 fully saturated rings. The van der Waals surface area contributed by atoms with Crippen LogP contribution in [0.4, 0.5) is 0 Å². The van der Waals surface area contributed by atoms with E-state index in [0.717, 1.165) is 5.76 Å². The minimum atomic E-state index is -0.774. The molecule has 112 valence electrons. The van der Waals surface area contributed by atoms with Crippen molar-refractivity contribution >= 4 is 5.97 Å². The maximum absolute atomic E-state index is 11.1. The Balaban J connectivity index is 2.11. The predicted molar refractivity (Wildman–Crippen MR) is 80.8 cm³/mol. The van der Waals surface area contributed by atoms with Crippen molar-refractivity contribution < 1.29 is 14.3 Å². The lowest BCUT2D eigenvalue weighted by atomic mass is 10.1. The summed E-state index contributed by atoms with van der Waals surface area (Å²) in [7, 11) is 0.